The smallest absolute Gasteiger partial charge is 0.252 e. The molecular weight excluding hydrogens is 291 g/mol. The van der Waals surface area contributed by atoms with Crippen LogP contribution in [-0.4, -0.2) is 28.0 Å². The van der Waals surface area contributed by atoms with Crippen LogP contribution in [0.5, 0.6) is 0 Å². The lowest BCUT2D eigenvalue weighted by Gasteiger charge is -2.40. The summed E-state index contributed by atoms with van der Waals surface area (Å²) >= 11 is 5.86. The van der Waals surface area contributed by atoms with Crippen LogP contribution in [0.25, 0.3) is 5.83 Å². The Morgan fingerprint density at radius 1 is 1.35 bits per heavy atom. The number of rotatable bonds is 2. The van der Waals surface area contributed by atoms with Gasteiger partial charge in [-0.25, -0.2) is 23.1 Å². The molecule has 108 valence electrons. The molecule has 0 aromatic carbocycles. The maximum absolute atomic E-state index is 13.5. The fraction of sp³-hybridized carbons (Fsp3) is 0.538. The van der Waals surface area contributed by atoms with E-state index < -0.39 is 17.3 Å². The zero-order valence-corrected chi connectivity index (χ0v) is 11.4. The monoisotopic (exact) mass is 303 g/mol. The van der Waals surface area contributed by atoms with Crippen LogP contribution < -0.4 is 4.90 Å². The second-order valence-corrected chi connectivity index (χ2v) is 5.79. The van der Waals surface area contributed by atoms with E-state index in [2.05, 4.69) is 16.5 Å². The SMILES string of the molecule is C=C(F)c1ncc(N2CCC(F)(F)CC23CC3)nc1Cl. The van der Waals surface area contributed by atoms with Gasteiger partial charge in [-0.3, -0.25) is 0 Å². The molecule has 1 spiro atoms. The first-order valence-corrected chi connectivity index (χ1v) is 6.74. The van der Waals surface area contributed by atoms with Crippen LogP contribution in [0, 0.1) is 0 Å². The van der Waals surface area contributed by atoms with Gasteiger partial charge >= 0.3 is 0 Å². The number of hydrogen-bond donors (Lipinski definition) is 0. The van der Waals surface area contributed by atoms with Crippen molar-refractivity contribution in [2.24, 2.45) is 0 Å². The molecule has 0 bridgehead atoms. The summed E-state index contributed by atoms with van der Waals surface area (Å²) in [4.78, 5) is 9.80. The van der Waals surface area contributed by atoms with Gasteiger partial charge in [-0.15, -0.1) is 0 Å². The van der Waals surface area contributed by atoms with Crippen LogP contribution in [0.1, 0.15) is 31.4 Å². The first-order valence-electron chi connectivity index (χ1n) is 6.36. The van der Waals surface area contributed by atoms with E-state index in [1.807, 2.05) is 4.90 Å². The van der Waals surface area contributed by atoms with E-state index in [9.17, 15) is 13.2 Å². The van der Waals surface area contributed by atoms with E-state index >= 15 is 0 Å². The van der Waals surface area contributed by atoms with Gasteiger partial charge in [0.1, 0.15) is 17.3 Å². The fourth-order valence-electron chi connectivity index (χ4n) is 2.80. The molecule has 1 aliphatic heterocycles. The van der Waals surface area contributed by atoms with Gasteiger partial charge in [0.05, 0.1) is 6.20 Å². The predicted molar refractivity (Wildman–Crippen MR) is 70.7 cm³/mol. The van der Waals surface area contributed by atoms with Crippen molar-refractivity contribution in [1.82, 2.24) is 9.97 Å². The maximum atomic E-state index is 13.5. The minimum Gasteiger partial charge on any atom is -0.349 e. The van der Waals surface area contributed by atoms with Crippen molar-refractivity contribution < 1.29 is 13.2 Å². The Bertz CT molecular complexity index is 572. The predicted octanol–water partition coefficient (Wildman–Crippen LogP) is 3.84. The molecular formula is C13H13ClF3N3. The summed E-state index contributed by atoms with van der Waals surface area (Å²) in [5, 5.41) is -0.0943. The Balaban J connectivity index is 1.90. The van der Waals surface area contributed by atoms with Crippen molar-refractivity contribution in [3.8, 4) is 0 Å². The average molecular weight is 304 g/mol. The zero-order valence-electron chi connectivity index (χ0n) is 10.7. The molecule has 0 amide bonds. The van der Waals surface area contributed by atoms with E-state index in [0.717, 1.165) is 0 Å². The van der Waals surface area contributed by atoms with E-state index in [1.165, 1.54) is 6.20 Å². The summed E-state index contributed by atoms with van der Waals surface area (Å²) in [6, 6.07) is 0. The molecule has 2 heterocycles. The summed E-state index contributed by atoms with van der Waals surface area (Å²) in [5.41, 5.74) is -0.642. The zero-order chi connectivity index (χ0) is 14.5. The first-order chi connectivity index (χ1) is 9.33. The van der Waals surface area contributed by atoms with Gasteiger partial charge in [0.25, 0.3) is 5.92 Å². The first kappa shape index (κ1) is 13.7. The van der Waals surface area contributed by atoms with E-state index in [0.29, 0.717) is 18.7 Å². The van der Waals surface area contributed by atoms with Crippen molar-refractivity contribution in [3.05, 3.63) is 23.6 Å². The van der Waals surface area contributed by atoms with Gasteiger partial charge in [-0.2, -0.15) is 0 Å². The van der Waals surface area contributed by atoms with Crippen LogP contribution in [0.2, 0.25) is 5.15 Å². The molecule has 1 aromatic heterocycles. The minimum atomic E-state index is -2.63. The van der Waals surface area contributed by atoms with Crippen LogP contribution in [-0.2, 0) is 0 Å². The van der Waals surface area contributed by atoms with Gasteiger partial charge in [0, 0.05) is 24.9 Å². The van der Waals surface area contributed by atoms with Crippen molar-refractivity contribution in [3.63, 3.8) is 0 Å². The van der Waals surface area contributed by atoms with Crippen molar-refractivity contribution in [1.29, 1.82) is 0 Å². The third-order valence-electron chi connectivity index (χ3n) is 3.94. The number of anilines is 1. The average Bonchev–Trinajstić information content (AvgIpc) is 3.07. The molecule has 2 aliphatic rings. The highest BCUT2D eigenvalue weighted by Gasteiger charge is 2.57. The molecule has 1 aliphatic carbocycles. The van der Waals surface area contributed by atoms with Gasteiger partial charge in [-0.1, -0.05) is 18.2 Å². The highest BCUT2D eigenvalue weighted by molar-refractivity contribution is 6.30. The molecule has 1 aromatic rings. The number of nitrogens with zero attached hydrogens (tertiary/aromatic N) is 3. The minimum absolute atomic E-state index is 0.0943. The molecule has 3 nitrogen and oxygen atoms in total. The molecule has 0 atom stereocenters. The number of piperidine rings is 1. The quantitative estimate of drug-likeness (QED) is 0.831. The number of halogens is 4. The second kappa shape index (κ2) is 4.35. The topological polar surface area (TPSA) is 29.0 Å². The summed E-state index contributed by atoms with van der Waals surface area (Å²) in [5.74, 6) is -2.97. The number of hydrogen-bond acceptors (Lipinski definition) is 3. The van der Waals surface area contributed by atoms with Gasteiger partial charge in [-0.05, 0) is 12.8 Å². The van der Waals surface area contributed by atoms with Crippen LogP contribution in [0.15, 0.2) is 12.8 Å². The summed E-state index contributed by atoms with van der Waals surface area (Å²) < 4.78 is 40.1. The van der Waals surface area contributed by atoms with E-state index in [4.69, 9.17) is 11.6 Å². The van der Waals surface area contributed by atoms with Crippen molar-refractivity contribution >= 4 is 23.2 Å². The lowest BCUT2D eigenvalue weighted by atomic mass is 9.96. The van der Waals surface area contributed by atoms with Gasteiger partial charge < -0.3 is 4.90 Å². The molecule has 7 heteroatoms. The molecule has 20 heavy (non-hydrogen) atoms. The Morgan fingerprint density at radius 3 is 2.60 bits per heavy atom. The molecule has 0 N–H and O–H groups in total. The van der Waals surface area contributed by atoms with Gasteiger partial charge in [0.15, 0.2) is 5.15 Å². The number of alkyl halides is 2. The third-order valence-corrected chi connectivity index (χ3v) is 4.20. The standard InChI is InChI=1S/C13H13ClF3N3/c1-8(15)10-11(14)19-9(6-18-10)20-5-4-13(16,17)7-12(20)2-3-12/h6H,1-5,7H2. The summed E-state index contributed by atoms with van der Waals surface area (Å²) in [7, 11) is 0. The molecule has 1 saturated heterocycles. The van der Waals surface area contributed by atoms with Crippen LogP contribution in [0.3, 0.4) is 0 Å². The third kappa shape index (κ3) is 2.26. The Kier molecular flexibility index (Phi) is 2.97. The second-order valence-electron chi connectivity index (χ2n) is 5.43. The molecule has 1 saturated carbocycles. The van der Waals surface area contributed by atoms with Gasteiger partial charge in [0.2, 0.25) is 0 Å². The Hall–Kier alpha value is -1.30. The van der Waals surface area contributed by atoms with Crippen molar-refractivity contribution in [2.45, 2.75) is 37.1 Å². The highest BCUT2D eigenvalue weighted by atomic mass is 35.5. The van der Waals surface area contributed by atoms with Crippen LogP contribution >= 0.6 is 11.6 Å². The fourth-order valence-corrected chi connectivity index (χ4v) is 3.03. The van der Waals surface area contributed by atoms with E-state index in [1.54, 1.807) is 0 Å². The summed E-state index contributed by atoms with van der Waals surface area (Å²) in [6.07, 6.45) is 2.40. The molecule has 0 radical (unpaired) electrons. The molecule has 0 unspecified atom stereocenters. The lowest BCUT2D eigenvalue weighted by molar-refractivity contribution is -0.0375. The molecule has 2 fully saturated rings. The van der Waals surface area contributed by atoms with Crippen molar-refractivity contribution in [2.75, 3.05) is 11.4 Å². The van der Waals surface area contributed by atoms with Crippen LogP contribution in [0.4, 0.5) is 19.0 Å². The Morgan fingerprint density at radius 2 is 2.05 bits per heavy atom. The highest BCUT2D eigenvalue weighted by Crippen LogP contribution is 2.53. The van der Waals surface area contributed by atoms with E-state index in [-0.39, 0.29) is 30.2 Å². The normalized spacial score (nSPS) is 22.9. The molecule has 3 rings (SSSR count). The Labute approximate surface area is 119 Å². The number of aromatic nitrogens is 2. The lowest BCUT2D eigenvalue weighted by Crippen LogP contribution is -2.49. The largest absolute Gasteiger partial charge is 0.349 e. The maximum Gasteiger partial charge on any atom is 0.252 e. The summed E-state index contributed by atoms with van der Waals surface area (Å²) in [6.45, 7) is 3.32.